The molecular weight excluding hydrogens is 322 g/mol. The molecule has 8 heteroatoms. The lowest BCUT2D eigenvalue weighted by Gasteiger charge is -2.12. The first-order valence-electron chi connectivity index (χ1n) is 7.94. The molecule has 0 aliphatic rings. The quantitative estimate of drug-likeness (QED) is 0.670. The molecule has 0 radical (unpaired) electrons. The number of urea groups is 1. The standard InChI is InChI=1S/C17H21N5O3/c1-3-4-7-20-16(23)12-5-6-13(14(10-12)25-2)21-17(24)22-15-11-18-8-9-19-15/h5-6,8-11H,3-4,7H2,1-2H3,(H,20,23)(H2,19,21,22,24). The zero-order valence-electron chi connectivity index (χ0n) is 14.2. The van der Waals surface area contributed by atoms with Crippen molar-refractivity contribution in [1.29, 1.82) is 0 Å². The number of anilines is 2. The van der Waals surface area contributed by atoms with Gasteiger partial charge in [-0.2, -0.15) is 0 Å². The third-order valence-corrected chi connectivity index (χ3v) is 3.33. The Balaban J connectivity index is 2.03. The van der Waals surface area contributed by atoms with Crippen LogP contribution >= 0.6 is 0 Å². The number of ether oxygens (including phenoxy) is 1. The van der Waals surface area contributed by atoms with Crippen molar-refractivity contribution in [1.82, 2.24) is 15.3 Å². The van der Waals surface area contributed by atoms with Crippen molar-refractivity contribution in [3.63, 3.8) is 0 Å². The van der Waals surface area contributed by atoms with E-state index in [-0.39, 0.29) is 5.91 Å². The Morgan fingerprint density at radius 1 is 1.20 bits per heavy atom. The molecule has 2 aromatic rings. The lowest BCUT2D eigenvalue weighted by Crippen LogP contribution is -2.24. The number of methoxy groups -OCH3 is 1. The van der Waals surface area contributed by atoms with E-state index in [9.17, 15) is 9.59 Å². The Hall–Kier alpha value is -3.16. The van der Waals surface area contributed by atoms with Gasteiger partial charge in [-0.25, -0.2) is 9.78 Å². The van der Waals surface area contributed by atoms with Gasteiger partial charge in [0.25, 0.3) is 5.91 Å². The van der Waals surface area contributed by atoms with Crippen LogP contribution in [-0.2, 0) is 0 Å². The lowest BCUT2D eigenvalue weighted by molar-refractivity contribution is 0.0953. The van der Waals surface area contributed by atoms with Crippen LogP contribution in [0.15, 0.2) is 36.8 Å². The van der Waals surface area contributed by atoms with Gasteiger partial charge in [-0.05, 0) is 24.6 Å². The molecule has 132 valence electrons. The van der Waals surface area contributed by atoms with Crippen molar-refractivity contribution in [2.24, 2.45) is 0 Å². The second-order valence-corrected chi connectivity index (χ2v) is 5.19. The fourth-order valence-electron chi connectivity index (χ4n) is 2.05. The van der Waals surface area contributed by atoms with Crippen LogP contribution in [0.1, 0.15) is 30.1 Å². The molecule has 1 heterocycles. The summed E-state index contributed by atoms with van der Waals surface area (Å²) in [6.45, 7) is 2.68. The maximum atomic E-state index is 12.1. The highest BCUT2D eigenvalue weighted by Gasteiger charge is 2.12. The number of carbonyl (C=O) groups excluding carboxylic acids is 2. The molecule has 0 saturated heterocycles. The average molecular weight is 343 g/mol. The first kappa shape index (κ1) is 18.2. The highest BCUT2D eigenvalue weighted by molar-refractivity contribution is 6.01. The molecular formula is C17H21N5O3. The summed E-state index contributed by atoms with van der Waals surface area (Å²) in [4.78, 5) is 31.9. The van der Waals surface area contributed by atoms with Crippen LogP contribution in [0.25, 0.3) is 0 Å². The molecule has 0 atom stereocenters. The van der Waals surface area contributed by atoms with Crippen LogP contribution in [0, 0.1) is 0 Å². The number of nitrogens with zero attached hydrogens (tertiary/aromatic N) is 2. The predicted molar refractivity (Wildman–Crippen MR) is 94.9 cm³/mol. The van der Waals surface area contributed by atoms with Crippen LogP contribution < -0.4 is 20.7 Å². The predicted octanol–water partition coefficient (Wildman–Crippen LogP) is 2.66. The molecule has 3 N–H and O–H groups in total. The molecule has 0 aliphatic carbocycles. The molecule has 0 aliphatic heterocycles. The lowest BCUT2D eigenvalue weighted by atomic mass is 10.1. The van der Waals surface area contributed by atoms with Crippen LogP contribution in [0.3, 0.4) is 0 Å². The molecule has 1 aromatic carbocycles. The molecule has 0 fully saturated rings. The SMILES string of the molecule is CCCCNC(=O)c1ccc(NC(=O)Nc2cnccn2)c(OC)c1. The summed E-state index contributed by atoms with van der Waals surface area (Å²) in [6.07, 6.45) is 6.34. The van der Waals surface area contributed by atoms with Crippen LogP contribution in [0.5, 0.6) is 5.75 Å². The van der Waals surface area contributed by atoms with E-state index in [0.717, 1.165) is 12.8 Å². The van der Waals surface area contributed by atoms with Gasteiger partial charge in [-0.15, -0.1) is 0 Å². The van der Waals surface area contributed by atoms with Crippen LogP contribution in [0.2, 0.25) is 0 Å². The van der Waals surface area contributed by atoms with E-state index in [1.54, 1.807) is 18.2 Å². The topological polar surface area (TPSA) is 105 Å². The van der Waals surface area contributed by atoms with Gasteiger partial charge >= 0.3 is 6.03 Å². The molecule has 0 bridgehead atoms. The summed E-state index contributed by atoms with van der Waals surface area (Å²) in [5.74, 6) is 0.533. The Kier molecular flexibility index (Phi) is 6.70. The minimum absolute atomic E-state index is 0.178. The Bertz CT molecular complexity index is 721. The second kappa shape index (κ2) is 9.21. The summed E-state index contributed by atoms with van der Waals surface area (Å²) >= 11 is 0. The highest BCUT2D eigenvalue weighted by atomic mass is 16.5. The molecule has 25 heavy (non-hydrogen) atoms. The summed E-state index contributed by atoms with van der Waals surface area (Å²) < 4.78 is 5.26. The largest absolute Gasteiger partial charge is 0.495 e. The number of hydrogen-bond acceptors (Lipinski definition) is 5. The minimum atomic E-state index is -0.487. The van der Waals surface area contributed by atoms with Gasteiger partial charge in [0, 0.05) is 24.5 Å². The van der Waals surface area contributed by atoms with Crippen LogP contribution in [-0.4, -0.2) is 35.6 Å². The molecule has 0 spiro atoms. The van der Waals surface area contributed by atoms with E-state index in [0.29, 0.717) is 29.4 Å². The number of aromatic nitrogens is 2. The first-order chi connectivity index (χ1) is 12.1. The summed E-state index contributed by atoms with van der Waals surface area (Å²) in [7, 11) is 1.47. The van der Waals surface area contributed by atoms with Crippen molar-refractivity contribution in [2.45, 2.75) is 19.8 Å². The minimum Gasteiger partial charge on any atom is -0.495 e. The fourth-order valence-corrected chi connectivity index (χ4v) is 2.05. The van der Waals surface area contributed by atoms with E-state index in [1.165, 1.54) is 25.7 Å². The smallest absolute Gasteiger partial charge is 0.324 e. The first-order valence-corrected chi connectivity index (χ1v) is 7.94. The zero-order chi connectivity index (χ0) is 18.1. The molecule has 1 aromatic heterocycles. The number of carbonyl (C=O) groups is 2. The van der Waals surface area contributed by atoms with Crippen molar-refractivity contribution in [2.75, 3.05) is 24.3 Å². The molecule has 8 nitrogen and oxygen atoms in total. The number of benzene rings is 1. The summed E-state index contributed by atoms with van der Waals surface area (Å²) in [5, 5.41) is 8.04. The number of hydrogen-bond donors (Lipinski definition) is 3. The molecule has 0 saturated carbocycles. The van der Waals surface area contributed by atoms with E-state index < -0.39 is 6.03 Å². The van der Waals surface area contributed by atoms with E-state index >= 15 is 0 Å². The number of nitrogens with one attached hydrogen (secondary N) is 3. The normalized spacial score (nSPS) is 10.0. The van der Waals surface area contributed by atoms with Crippen molar-refractivity contribution in [3.8, 4) is 5.75 Å². The number of amides is 3. The molecule has 3 amide bonds. The van der Waals surface area contributed by atoms with Crippen LogP contribution in [0.4, 0.5) is 16.3 Å². The van der Waals surface area contributed by atoms with Gasteiger partial charge in [-0.1, -0.05) is 13.3 Å². The van der Waals surface area contributed by atoms with Crippen molar-refractivity contribution >= 4 is 23.4 Å². The Labute approximate surface area is 146 Å². The van der Waals surface area contributed by atoms with Gasteiger partial charge in [0.2, 0.25) is 0 Å². The van der Waals surface area contributed by atoms with E-state index in [1.807, 2.05) is 0 Å². The van der Waals surface area contributed by atoms with Crippen molar-refractivity contribution < 1.29 is 14.3 Å². The molecule has 0 unspecified atom stereocenters. The highest BCUT2D eigenvalue weighted by Crippen LogP contribution is 2.25. The third-order valence-electron chi connectivity index (χ3n) is 3.33. The number of unbranched alkanes of at least 4 members (excludes halogenated alkanes) is 1. The molecule has 2 rings (SSSR count). The third kappa shape index (κ3) is 5.45. The van der Waals surface area contributed by atoms with Gasteiger partial charge in [0.05, 0.1) is 19.0 Å². The fraction of sp³-hybridized carbons (Fsp3) is 0.294. The van der Waals surface area contributed by atoms with E-state index in [4.69, 9.17) is 4.74 Å². The summed E-state index contributed by atoms with van der Waals surface area (Å²) in [6, 6.07) is 4.34. The van der Waals surface area contributed by atoms with Crippen molar-refractivity contribution in [3.05, 3.63) is 42.4 Å². The summed E-state index contributed by atoms with van der Waals surface area (Å²) in [5.41, 5.74) is 0.904. The zero-order valence-corrected chi connectivity index (χ0v) is 14.2. The van der Waals surface area contributed by atoms with Gasteiger partial charge in [0.15, 0.2) is 5.82 Å². The Morgan fingerprint density at radius 2 is 2.04 bits per heavy atom. The maximum absolute atomic E-state index is 12.1. The van der Waals surface area contributed by atoms with Gasteiger partial charge in [0.1, 0.15) is 5.75 Å². The Morgan fingerprint density at radius 3 is 2.72 bits per heavy atom. The average Bonchev–Trinajstić information content (AvgIpc) is 2.63. The number of rotatable bonds is 7. The second-order valence-electron chi connectivity index (χ2n) is 5.19. The van der Waals surface area contributed by atoms with Gasteiger partial charge in [-0.3, -0.25) is 15.1 Å². The monoisotopic (exact) mass is 343 g/mol. The maximum Gasteiger partial charge on any atom is 0.324 e. The van der Waals surface area contributed by atoms with E-state index in [2.05, 4.69) is 32.8 Å². The van der Waals surface area contributed by atoms with Gasteiger partial charge < -0.3 is 15.4 Å².